The second kappa shape index (κ2) is 8.85. The summed E-state index contributed by atoms with van der Waals surface area (Å²) >= 11 is 0. The molecule has 2 heterocycles. The number of rotatable bonds is 6. The molecule has 4 rings (SSSR count). The fourth-order valence-corrected chi connectivity index (χ4v) is 3.66. The maximum absolute atomic E-state index is 13.0. The van der Waals surface area contributed by atoms with Crippen LogP contribution in [0, 0.1) is 0 Å². The molecule has 1 fully saturated rings. The molecule has 144 valence electrons. The maximum Gasteiger partial charge on any atom is 0.254 e. The minimum absolute atomic E-state index is 0.0600. The average Bonchev–Trinajstić information content (AvgIpc) is 3.29. The summed E-state index contributed by atoms with van der Waals surface area (Å²) < 4.78 is 5.91. The van der Waals surface area contributed by atoms with Gasteiger partial charge in [0, 0.05) is 36.6 Å². The summed E-state index contributed by atoms with van der Waals surface area (Å²) in [5.74, 6) is 0.834. The molecule has 2 aromatic carbocycles. The molecule has 1 aliphatic heterocycles. The highest BCUT2D eigenvalue weighted by atomic mass is 16.5. The quantitative estimate of drug-likeness (QED) is 0.710. The van der Waals surface area contributed by atoms with Gasteiger partial charge in [0.2, 0.25) is 0 Å². The van der Waals surface area contributed by atoms with Gasteiger partial charge in [-0.05, 0) is 37.0 Å². The minimum Gasteiger partial charge on any atom is -0.375 e. The van der Waals surface area contributed by atoms with Crippen molar-refractivity contribution >= 4 is 5.91 Å². The molecule has 1 atom stereocenters. The van der Waals surface area contributed by atoms with E-state index in [4.69, 9.17) is 4.74 Å². The van der Waals surface area contributed by atoms with Gasteiger partial charge in [0.1, 0.15) is 5.82 Å². The topological polar surface area (TPSA) is 58.2 Å². The predicted molar refractivity (Wildman–Crippen MR) is 109 cm³/mol. The molecule has 1 N–H and O–H groups in total. The monoisotopic (exact) mass is 375 g/mol. The van der Waals surface area contributed by atoms with Crippen LogP contribution in [-0.4, -0.2) is 46.6 Å². The third-order valence-electron chi connectivity index (χ3n) is 5.14. The first kappa shape index (κ1) is 18.4. The molecular weight excluding hydrogens is 350 g/mol. The Balaban J connectivity index is 1.35. The molecule has 0 radical (unpaired) electrons. The number of carbonyl (C=O) groups excluding carboxylic acids is 1. The number of nitrogens with one attached hydrogen (secondary N) is 1. The van der Waals surface area contributed by atoms with E-state index < -0.39 is 0 Å². The van der Waals surface area contributed by atoms with Crippen LogP contribution in [0.15, 0.2) is 67.0 Å². The van der Waals surface area contributed by atoms with Crippen molar-refractivity contribution in [2.75, 3.05) is 19.7 Å². The smallest absolute Gasteiger partial charge is 0.254 e. The summed E-state index contributed by atoms with van der Waals surface area (Å²) in [5.41, 5.74) is 2.96. The van der Waals surface area contributed by atoms with Gasteiger partial charge >= 0.3 is 0 Å². The summed E-state index contributed by atoms with van der Waals surface area (Å²) in [6, 6.07) is 18.1. The SMILES string of the molecule is O=C(c1cccc(-c2ncc[nH]2)c1)N1CCO[C@H](CCCc2ccccc2)C1. The van der Waals surface area contributed by atoms with Gasteiger partial charge in [-0.1, -0.05) is 42.5 Å². The van der Waals surface area contributed by atoms with Crippen molar-refractivity contribution in [3.05, 3.63) is 78.1 Å². The Bertz CT molecular complexity index is 893. The van der Waals surface area contributed by atoms with E-state index in [0.29, 0.717) is 25.3 Å². The lowest BCUT2D eigenvalue weighted by atomic mass is 10.0. The number of amides is 1. The molecular formula is C23H25N3O2. The number of carbonyl (C=O) groups is 1. The second-order valence-electron chi connectivity index (χ2n) is 7.14. The highest BCUT2D eigenvalue weighted by Gasteiger charge is 2.25. The number of aromatic nitrogens is 2. The Morgan fingerprint density at radius 2 is 2.07 bits per heavy atom. The third kappa shape index (κ3) is 4.49. The number of H-pyrrole nitrogens is 1. The van der Waals surface area contributed by atoms with Crippen LogP contribution in [0.5, 0.6) is 0 Å². The zero-order valence-electron chi connectivity index (χ0n) is 15.9. The zero-order chi connectivity index (χ0) is 19.2. The summed E-state index contributed by atoms with van der Waals surface area (Å²) in [4.78, 5) is 22.3. The molecule has 0 spiro atoms. The van der Waals surface area contributed by atoms with Crippen LogP contribution in [0.4, 0.5) is 0 Å². The molecule has 1 aliphatic rings. The van der Waals surface area contributed by atoms with Crippen molar-refractivity contribution < 1.29 is 9.53 Å². The van der Waals surface area contributed by atoms with Crippen LogP contribution in [0.25, 0.3) is 11.4 Å². The van der Waals surface area contributed by atoms with Crippen LogP contribution in [0.1, 0.15) is 28.8 Å². The lowest BCUT2D eigenvalue weighted by Crippen LogP contribution is -2.45. The first-order chi connectivity index (χ1) is 13.8. The van der Waals surface area contributed by atoms with Gasteiger partial charge in [-0.15, -0.1) is 0 Å². The molecule has 1 aromatic heterocycles. The molecule has 28 heavy (non-hydrogen) atoms. The molecule has 3 aromatic rings. The molecule has 1 saturated heterocycles. The van der Waals surface area contributed by atoms with Crippen molar-refractivity contribution in [2.24, 2.45) is 0 Å². The van der Waals surface area contributed by atoms with Crippen molar-refractivity contribution in [1.82, 2.24) is 14.9 Å². The number of nitrogens with zero attached hydrogens (tertiary/aromatic N) is 2. The third-order valence-corrected chi connectivity index (χ3v) is 5.14. The molecule has 1 amide bonds. The number of ether oxygens (including phenoxy) is 1. The number of imidazole rings is 1. The van der Waals surface area contributed by atoms with Crippen molar-refractivity contribution in [3.8, 4) is 11.4 Å². The fraction of sp³-hybridized carbons (Fsp3) is 0.304. The number of aromatic amines is 1. The first-order valence-electron chi connectivity index (χ1n) is 9.84. The Kier molecular flexibility index (Phi) is 5.83. The normalized spacial score (nSPS) is 16.9. The first-order valence-corrected chi connectivity index (χ1v) is 9.84. The van der Waals surface area contributed by atoms with Gasteiger partial charge < -0.3 is 14.6 Å². The molecule has 0 saturated carbocycles. The van der Waals surface area contributed by atoms with Gasteiger partial charge in [0.15, 0.2) is 0 Å². The Labute approximate surface area is 165 Å². The number of benzene rings is 2. The highest BCUT2D eigenvalue weighted by molar-refractivity contribution is 5.95. The van der Waals surface area contributed by atoms with Gasteiger partial charge in [0.25, 0.3) is 5.91 Å². The van der Waals surface area contributed by atoms with E-state index in [2.05, 4.69) is 34.2 Å². The number of aryl methyl sites for hydroxylation is 1. The molecule has 0 aliphatic carbocycles. The van der Waals surface area contributed by atoms with E-state index >= 15 is 0 Å². The van der Waals surface area contributed by atoms with E-state index in [1.807, 2.05) is 35.2 Å². The van der Waals surface area contributed by atoms with E-state index in [1.54, 1.807) is 12.4 Å². The van der Waals surface area contributed by atoms with Crippen LogP contribution in [0.3, 0.4) is 0 Å². The standard InChI is InChI=1S/C23H25N3O2/c27-23(20-10-5-9-19(16-20)22-24-12-13-25-22)26-14-15-28-21(17-26)11-4-8-18-6-2-1-3-7-18/h1-3,5-7,9-10,12-13,16,21H,4,8,11,14-15,17H2,(H,24,25)/t21-/m1/s1. The van der Waals surface area contributed by atoms with Gasteiger partial charge in [0.05, 0.1) is 12.7 Å². The Morgan fingerprint density at radius 1 is 1.18 bits per heavy atom. The summed E-state index contributed by atoms with van der Waals surface area (Å²) in [5, 5.41) is 0. The lowest BCUT2D eigenvalue weighted by molar-refractivity contribution is -0.0255. The van der Waals surface area contributed by atoms with Crippen LogP contribution in [0.2, 0.25) is 0 Å². The van der Waals surface area contributed by atoms with Gasteiger partial charge in [-0.2, -0.15) is 0 Å². The Morgan fingerprint density at radius 3 is 2.89 bits per heavy atom. The summed E-state index contributed by atoms with van der Waals surface area (Å²) in [6.07, 6.45) is 6.67. The average molecular weight is 375 g/mol. The summed E-state index contributed by atoms with van der Waals surface area (Å²) in [6.45, 7) is 1.89. The molecule has 5 nitrogen and oxygen atoms in total. The molecule has 0 bridgehead atoms. The Hall–Kier alpha value is -2.92. The minimum atomic E-state index is 0.0600. The molecule has 5 heteroatoms. The second-order valence-corrected chi connectivity index (χ2v) is 7.14. The molecule has 0 unspecified atom stereocenters. The predicted octanol–water partition coefficient (Wildman–Crippen LogP) is 3.94. The van der Waals surface area contributed by atoms with E-state index in [-0.39, 0.29) is 12.0 Å². The van der Waals surface area contributed by atoms with Crippen molar-refractivity contribution in [2.45, 2.75) is 25.4 Å². The van der Waals surface area contributed by atoms with Crippen molar-refractivity contribution in [1.29, 1.82) is 0 Å². The number of hydrogen-bond donors (Lipinski definition) is 1. The van der Waals surface area contributed by atoms with E-state index in [9.17, 15) is 4.79 Å². The zero-order valence-corrected chi connectivity index (χ0v) is 15.9. The maximum atomic E-state index is 13.0. The number of hydrogen-bond acceptors (Lipinski definition) is 3. The fourth-order valence-electron chi connectivity index (χ4n) is 3.66. The van der Waals surface area contributed by atoms with Crippen LogP contribution < -0.4 is 0 Å². The van der Waals surface area contributed by atoms with E-state index in [1.165, 1.54) is 5.56 Å². The number of morpholine rings is 1. The van der Waals surface area contributed by atoms with Gasteiger partial charge in [-0.25, -0.2) is 4.98 Å². The lowest BCUT2D eigenvalue weighted by Gasteiger charge is -2.33. The van der Waals surface area contributed by atoms with Crippen LogP contribution >= 0.6 is 0 Å². The van der Waals surface area contributed by atoms with E-state index in [0.717, 1.165) is 30.7 Å². The van der Waals surface area contributed by atoms with Crippen molar-refractivity contribution in [3.63, 3.8) is 0 Å². The summed E-state index contributed by atoms with van der Waals surface area (Å²) in [7, 11) is 0. The highest BCUT2D eigenvalue weighted by Crippen LogP contribution is 2.19. The largest absolute Gasteiger partial charge is 0.375 e. The van der Waals surface area contributed by atoms with Crippen LogP contribution in [-0.2, 0) is 11.2 Å². The van der Waals surface area contributed by atoms with Gasteiger partial charge in [-0.3, -0.25) is 4.79 Å².